The minimum absolute atomic E-state index is 0.0641. The predicted octanol–water partition coefficient (Wildman–Crippen LogP) is 3.95. The number of carbonyl (C=O) groups is 2. The normalized spacial score (nSPS) is 20.6. The lowest BCUT2D eigenvalue weighted by Crippen LogP contribution is -2.50. The molecular formula is C31H32N6O3. The second-order valence-electron chi connectivity index (χ2n) is 10.6. The minimum Gasteiger partial charge on any atom is -0.374 e. The van der Waals surface area contributed by atoms with E-state index in [4.69, 9.17) is 4.74 Å². The van der Waals surface area contributed by atoms with E-state index >= 15 is 0 Å². The van der Waals surface area contributed by atoms with E-state index in [1.54, 1.807) is 12.1 Å². The number of aromatic amines is 1. The summed E-state index contributed by atoms with van der Waals surface area (Å²) in [6.07, 6.45) is 3.84. The number of carbonyl (C=O) groups excluding carboxylic acids is 2. The van der Waals surface area contributed by atoms with Crippen LogP contribution in [0.3, 0.4) is 0 Å². The molecule has 40 heavy (non-hydrogen) atoms. The Bertz CT molecular complexity index is 1430. The number of H-pyrrole nitrogens is 1. The zero-order valence-corrected chi connectivity index (χ0v) is 22.1. The molecular weight excluding hydrogens is 504 g/mol. The highest BCUT2D eigenvalue weighted by molar-refractivity contribution is 6.02. The Morgan fingerprint density at radius 3 is 2.30 bits per heavy atom. The summed E-state index contributed by atoms with van der Waals surface area (Å²) in [5.74, 6) is 0.176. The number of hydrogen-bond donors (Lipinski definition) is 3. The molecule has 2 saturated heterocycles. The lowest BCUT2D eigenvalue weighted by atomic mass is 9.91. The average Bonchev–Trinajstić information content (AvgIpc) is 3.66. The maximum absolute atomic E-state index is 13.7. The van der Waals surface area contributed by atoms with Crippen molar-refractivity contribution in [1.82, 2.24) is 31.3 Å². The Balaban J connectivity index is 1.19. The maximum atomic E-state index is 13.7. The third-order valence-electron chi connectivity index (χ3n) is 7.87. The Labute approximate surface area is 232 Å². The van der Waals surface area contributed by atoms with Gasteiger partial charge in [0.15, 0.2) is 5.78 Å². The van der Waals surface area contributed by atoms with E-state index in [-0.39, 0.29) is 24.2 Å². The fourth-order valence-corrected chi connectivity index (χ4v) is 5.83. The topological polar surface area (TPSA) is 122 Å². The van der Waals surface area contributed by atoms with E-state index in [1.165, 1.54) is 0 Å². The van der Waals surface area contributed by atoms with Gasteiger partial charge in [-0.05, 0) is 47.6 Å². The highest BCUT2D eigenvalue weighted by Gasteiger charge is 2.37. The Kier molecular flexibility index (Phi) is 7.74. The summed E-state index contributed by atoms with van der Waals surface area (Å²) in [6.45, 7) is 0.462. The summed E-state index contributed by atoms with van der Waals surface area (Å²) >= 11 is 0. The highest BCUT2D eigenvalue weighted by Crippen LogP contribution is 2.32. The first-order valence-corrected chi connectivity index (χ1v) is 13.8. The van der Waals surface area contributed by atoms with Gasteiger partial charge in [0.05, 0.1) is 13.2 Å². The van der Waals surface area contributed by atoms with Gasteiger partial charge in [-0.25, -0.2) is 0 Å². The summed E-state index contributed by atoms with van der Waals surface area (Å²) in [5.41, 5.74) is 4.22. The Morgan fingerprint density at radius 1 is 0.900 bits per heavy atom. The number of piperidine rings is 1. The molecule has 3 N–H and O–H groups in total. The van der Waals surface area contributed by atoms with Gasteiger partial charge in [0.2, 0.25) is 11.7 Å². The van der Waals surface area contributed by atoms with E-state index < -0.39 is 6.04 Å². The van der Waals surface area contributed by atoms with Crippen molar-refractivity contribution >= 4 is 11.7 Å². The number of ether oxygens (including phenoxy) is 1. The smallest absolute Gasteiger partial charge is 0.223 e. The number of hydrogen-bond acceptors (Lipinski definition) is 7. The molecule has 3 atom stereocenters. The molecule has 3 unspecified atom stereocenters. The molecule has 3 aromatic carbocycles. The zero-order chi connectivity index (χ0) is 27.3. The van der Waals surface area contributed by atoms with Crippen molar-refractivity contribution in [2.45, 2.75) is 50.4 Å². The molecule has 4 aromatic rings. The lowest BCUT2D eigenvalue weighted by Gasteiger charge is -2.29. The number of benzene rings is 3. The first kappa shape index (κ1) is 26.0. The van der Waals surface area contributed by atoms with Crippen LogP contribution < -0.4 is 10.6 Å². The van der Waals surface area contributed by atoms with Crippen LogP contribution in [0.4, 0.5) is 0 Å². The van der Waals surface area contributed by atoms with Crippen LogP contribution in [0, 0.1) is 5.92 Å². The first-order valence-electron chi connectivity index (χ1n) is 13.8. The molecule has 204 valence electrons. The van der Waals surface area contributed by atoms with E-state index in [2.05, 4.69) is 31.3 Å². The van der Waals surface area contributed by atoms with Crippen LogP contribution in [0.1, 0.15) is 41.6 Å². The molecule has 2 fully saturated rings. The van der Waals surface area contributed by atoms with Crippen molar-refractivity contribution in [3.63, 3.8) is 0 Å². The largest absolute Gasteiger partial charge is 0.374 e. The maximum Gasteiger partial charge on any atom is 0.223 e. The van der Waals surface area contributed by atoms with E-state index in [1.807, 2.05) is 66.7 Å². The summed E-state index contributed by atoms with van der Waals surface area (Å²) in [6, 6.07) is 25.0. The van der Waals surface area contributed by atoms with Crippen LogP contribution in [-0.2, 0) is 16.1 Å². The van der Waals surface area contributed by atoms with Crippen molar-refractivity contribution in [2.24, 2.45) is 5.92 Å². The van der Waals surface area contributed by atoms with Crippen LogP contribution in [0.15, 0.2) is 78.9 Å². The molecule has 1 aromatic heterocycles. The second kappa shape index (κ2) is 11.9. The molecule has 0 aliphatic carbocycles. The van der Waals surface area contributed by atoms with Crippen LogP contribution >= 0.6 is 0 Å². The van der Waals surface area contributed by atoms with Crippen molar-refractivity contribution in [3.8, 4) is 22.5 Å². The van der Waals surface area contributed by atoms with Crippen molar-refractivity contribution in [3.05, 3.63) is 90.0 Å². The number of rotatable bonds is 10. The van der Waals surface area contributed by atoms with Gasteiger partial charge < -0.3 is 15.4 Å². The molecule has 9 nitrogen and oxygen atoms in total. The Morgan fingerprint density at radius 2 is 1.60 bits per heavy atom. The monoisotopic (exact) mass is 536 g/mol. The van der Waals surface area contributed by atoms with Gasteiger partial charge in [-0.3, -0.25) is 9.59 Å². The number of aromatic nitrogens is 4. The molecule has 0 spiro atoms. The summed E-state index contributed by atoms with van der Waals surface area (Å²) in [7, 11) is 0. The van der Waals surface area contributed by atoms with Gasteiger partial charge in [-0.2, -0.15) is 5.21 Å². The molecule has 2 aliphatic heterocycles. The molecule has 2 bridgehead atoms. The molecule has 0 saturated carbocycles. The van der Waals surface area contributed by atoms with E-state index in [0.717, 1.165) is 47.9 Å². The van der Waals surface area contributed by atoms with Crippen LogP contribution in [0.25, 0.3) is 22.5 Å². The van der Waals surface area contributed by atoms with Crippen LogP contribution in [0.5, 0.6) is 0 Å². The number of tetrazole rings is 1. The van der Waals surface area contributed by atoms with Crippen molar-refractivity contribution in [2.75, 3.05) is 6.61 Å². The summed E-state index contributed by atoms with van der Waals surface area (Å²) in [4.78, 5) is 27.0. The number of Topliss-reactive ketones (excluding diaryl/α,β-unsaturated/α-hetero) is 1. The second-order valence-corrected chi connectivity index (χ2v) is 10.6. The van der Waals surface area contributed by atoms with Crippen molar-refractivity contribution in [1.29, 1.82) is 0 Å². The molecule has 0 radical (unpaired) electrons. The third kappa shape index (κ3) is 5.85. The number of fused-ring (bicyclic) bond motifs is 2. The third-order valence-corrected chi connectivity index (χ3v) is 7.87. The van der Waals surface area contributed by atoms with Gasteiger partial charge in [-0.1, -0.05) is 78.9 Å². The van der Waals surface area contributed by atoms with Crippen LogP contribution in [0.2, 0.25) is 0 Å². The fourth-order valence-electron chi connectivity index (χ4n) is 5.83. The molecule has 1 amide bonds. The van der Waals surface area contributed by atoms with Gasteiger partial charge in [0.1, 0.15) is 6.04 Å². The number of amides is 1. The standard InChI is InChI=1S/C31H32N6O3/c38-29(22-12-10-21(11-13-22)26-8-4-5-9-27(26)30-34-36-37-35-30)28(19-40-18-20-6-2-1-3-7-20)33-31(39)23-16-24-14-15-25(17-23)32-24/h1-13,23-25,28,32H,14-19H2,(H,33,39)(H,34,35,36,37). The van der Waals surface area contributed by atoms with E-state index in [0.29, 0.717) is 30.1 Å². The molecule has 2 aliphatic rings. The minimum atomic E-state index is -0.777. The fraction of sp³-hybridized carbons (Fsp3) is 0.323. The van der Waals surface area contributed by atoms with Gasteiger partial charge in [-0.15, -0.1) is 10.2 Å². The predicted molar refractivity (Wildman–Crippen MR) is 150 cm³/mol. The Hall–Kier alpha value is -4.21. The average molecular weight is 537 g/mol. The molecule has 6 rings (SSSR count). The highest BCUT2D eigenvalue weighted by atomic mass is 16.5. The SMILES string of the molecule is O=C(NC(COCc1ccccc1)C(=O)c1ccc(-c2ccccc2-c2nn[nH]n2)cc1)C1CC2CCC(C1)N2. The van der Waals surface area contributed by atoms with E-state index in [9.17, 15) is 9.59 Å². The van der Waals surface area contributed by atoms with Crippen LogP contribution in [-0.4, -0.2) is 57.0 Å². The summed E-state index contributed by atoms with van der Waals surface area (Å²) in [5, 5.41) is 21.0. The zero-order valence-electron chi connectivity index (χ0n) is 22.1. The number of nitrogens with zero attached hydrogens (tertiary/aromatic N) is 3. The summed E-state index contributed by atoms with van der Waals surface area (Å²) < 4.78 is 5.95. The first-order chi connectivity index (χ1) is 19.6. The van der Waals surface area contributed by atoms with Gasteiger partial charge >= 0.3 is 0 Å². The lowest BCUT2D eigenvalue weighted by molar-refractivity contribution is -0.127. The molecule has 3 heterocycles. The quantitative estimate of drug-likeness (QED) is 0.262. The van der Waals surface area contributed by atoms with Crippen molar-refractivity contribution < 1.29 is 14.3 Å². The van der Waals surface area contributed by atoms with Gasteiger partial charge in [0, 0.05) is 29.1 Å². The molecule has 9 heteroatoms. The number of nitrogens with one attached hydrogen (secondary N) is 3. The van der Waals surface area contributed by atoms with Gasteiger partial charge in [0.25, 0.3) is 0 Å². The number of ketones is 1.